The van der Waals surface area contributed by atoms with Crippen molar-refractivity contribution in [1.29, 1.82) is 0 Å². The van der Waals surface area contributed by atoms with E-state index >= 15 is 0 Å². The highest BCUT2D eigenvalue weighted by atomic mass is 19.4. The van der Waals surface area contributed by atoms with Crippen molar-refractivity contribution in [1.82, 2.24) is 24.9 Å². The molecular formula is C22H24F3N7O. The number of carbonyl (C=O) groups excluding carboxylic acids is 1. The molecule has 2 aromatic heterocycles. The Bertz CT molecular complexity index is 1200. The lowest BCUT2D eigenvalue weighted by atomic mass is 9.65. The lowest BCUT2D eigenvalue weighted by Gasteiger charge is -2.45. The summed E-state index contributed by atoms with van der Waals surface area (Å²) in [6, 6.07) is 5.43. The van der Waals surface area contributed by atoms with Crippen molar-refractivity contribution in [3.8, 4) is 11.3 Å². The number of nitrogens with zero attached hydrogens (tertiary/aromatic N) is 4. The highest BCUT2D eigenvalue weighted by Crippen LogP contribution is 2.53. The van der Waals surface area contributed by atoms with Crippen LogP contribution in [0.3, 0.4) is 0 Å². The molecule has 3 heterocycles. The van der Waals surface area contributed by atoms with Crippen molar-refractivity contribution in [2.24, 2.45) is 11.1 Å². The van der Waals surface area contributed by atoms with Crippen LogP contribution in [-0.4, -0.2) is 38.6 Å². The zero-order valence-corrected chi connectivity index (χ0v) is 17.8. The fourth-order valence-electron chi connectivity index (χ4n) is 5.11. The topological polar surface area (TPSA) is 117 Å². The van der Waals surface area contributed by atoms with E-state index in [2.05, 4.69) is 15.5 Å². The molecule has 1 aliphatic heterocycles. The highest BCUT2D eigenvalue weighted by molar-refractivity contribution is 6.03. The summed E-state index contributed by atoms with van der Waals surface area (Å²) in [6.07, 6.45) is 1.47. The first kappa shape index (κ1) is 21.5. The summed E-state index contributed by atoms with van der Waals surface area (Å²) >= 11 is 0. The largest absolute Gasteiger partial charge is 0.416 e. The van der Waals surface area contributed by atoms with Gasteiger partial charge in [0, 0.05) is 18.3 Å². The van der Waals surface area contributed by atoms with Crippen molar-refractivity contribution in [2.75, 3.05) is 18.8 Å². The lowest BCUT2D eigenvalue weighted by Crippen LogP contribution is -2.40. The van der Waals surface area contributed by atoms with E-state index in [1.54, 1.807) is 16.9 Å². The molecule has 1 spiro atoms. The normalized spacial score (nSPS) is 22.6. The zero-order chi connectivity index (χ0) is 23.4. The molecule has 2 fully saturated rings. The smallest absolute Gasteiger partial charge is 0.383 e. The molecule has 8 nitrogen and oxygen atoms in total. The van der Waals surface area contributed by atoms with Crippen molar-refractivity contribution in [3.05, 3.63) is 53.3 Å². The Kier molecular flexibility index (Phi) is 4.96. The second-order valence-corrected chi connectivity index (χ2v) is 8.99. The number of halogens is 3. The molecule has 2 aliphatic rings. The van der Waals surface area contributed by atoms with Crippen LogP contribution < -0.4 is 16.8 Å². The monoisotopic (exact) mass is 459 g/mol. The summed E-state index contributed by atoms with van der Waals surface area (Å²) in [7, 11) is 0. The van der Waals surface area contributed by atoms with Gasteiger partial charge in [-0.2, -0.15) is 23.4 Å². The summed E-state index contributed by atoms with van der Waals surface area (Å²) in [6.45, 7) is 1.87. The number of anilines is 1. The summed E-state index contributed by atoms with van der Waals surface area (Å²) in [5, 5.41) is 12.2. The number of nitrogens with two attached hydrogens (primary N) is 2. The molecule has 0 unspecified atom stereocenters. The van der Waals surface area contributed by atoms with E-state index in [1.807, 2.05) is 0 Å². The quantitative estimate of drug-likeness (QED) is 0.543. The average molecular weight is 459 g/mol. The number of alkyl halides is 3. The highest BCUT2D eigenvalue weighted by Gasteiger charge is 2.48. The van der Waals surface area contributed by atoms with Gasteiger partial charge in [0.15, 0.2) is 0 Å². The minimum atomic E-state index is -4.46. The van der Waals surface area contributed by atoms with E-state index in [1.165, 1.54) is 23.0 Å². The van der Waals surface area contributed by atoms with E-state index in [0.29, 0.717) is 11.3 Å². The molecule has 11 heteroatoms. The summed E-state index contributed by atoms with van der Waals surface area (Å²) in [4.78, 5) is 12.2. The van der Waals surface area contributed by atoms with Gasteiger partial charge in [0.25, 0.3) is 5.91 Å². The van der Waals surface area contributed by atoms with E-state index in [4.69, 9.17) is 11.5 Å². The predicted octanol–water partition coefficient (Wildman–Crippen LogP) is 2.81. The van der Waals surface area contributed by atoms with E-state index in [-0.39, 0.29) is 34.9 Å². The number of nitrogen functional groups attached to an aromatic ring is 1. The van der Waals surface area contributed by atoms with Crippen molar-refractivity contribution in [3.63, 3.8) is 0 Å². The number of carbonyl (C=O) groups is 1. The minimum absolute atomic E-state index is 0.0745. The van der Waals surface area contributed by atoms with Crippen LogP contribution in [0.25, 0.3) is 11.3 Å². The number of hydrogen-bond acceptors (Lipinski definition) is 5. The lowest BCUT2D eigenvalue weighted by molar-refractivity contribution is -0.138. The maximum absolute atomic E-state index is 13.3. The van der Waals surface area contributed by atoms with Gasteiger partial charge in [0.1, 0.15) is 17.1 Å². The molecule has 33 heavy (non-hydrogen) atoms. The molecule has 0 radical (unpaired) electrons. The third-order valence-electron chi connectivity index (χ3n) is 6.77. The van der Waals surface area contributed by atoms with Crippen LogP contribution in [0.4, 0.5) is 19.0 Å². The third kappa shape index (κ3) is 3.75. The molecular weight excluding hydrogens is 435 g/mol. The molecule has 1 amide bonds. The Morgan fingerprint density at radius 1 is 1.27 bits per heavy atom. The molecule has 1 aliphatic carbocycles. The number of nitrogens with one attached hydrogen (secondary N) is 1. The van der Waals surface area contributed by atoms with E-state index in [0.717, 1.165) is 38.4 Å². The molecule has 1 saturated heterocycles. The second kappa shape index (κ2) is 7.62. The van der Waals surface area contributed by atoms with Crippen molar-refractivity contribution < 1.29 is 18.0 Å². The van der Waals surface area contributed by atoms with Crippen LogP contribution in [0.1, 0.15) is 46.8 Å². The van der Waals surface area contributed by atoms with Gasteiger partial charge in [-0.1, -0.05) is 18.2 Å². The fourth-order valence-corrected chi connectivity index (χ4v) is 5.11. The zero-order valence-electron chi connectivity index (χ0n) is 17.8. The number of aromatic nitrogens is 4. The van der Waals surface area contributed by atoms with Crippen molar-refractivity contribution in [2.45, 2.75) is 38.0 Å². The number of primary amides is 1. The number of rotatable bonds is 5. The molecule has 5 N–H and O–H groups in total. The first-order valence-electron chi connectivity index (χ1n) is 10.7. The molecule has 5 rings (SSSR count). The number of benzene rings is 1. The molecule has 1 saturated carbocycles. The third-order valence-corrected chi connectivity index (χ3v) is 6.77. The van der Waals surface area contributed by atoms with Crippen molar-refractivity contribution >= 4 is 11.7 Å². The van der Waals surface area contributed by atoms with Gasteiger partial charge in [0.05, 0.1) is 24.3 Å². The molecule has 0 bridgehead atoms. The van der Waals surface area contributed by atoms with Gasteiger partial charge >= 0.3 is 6.18 Å². The van der Waals surface area contributed by atoms with Crippen LogP contribution >= 0.6 is 0 Å². The standard InChI is InChI=1S/C22H24F3N7O/c23-22(24,25)16-4-2-1-3-13(16)10-31-11-14(9-29-31)18-17(20(27)33)19(26)32(30-18)15-7-21(8-15)5-6-28-12-21/h1-4,9,11,15,28H,5-8,10,12,26H2,(H2,27,33)/t15-,21-. The number of hydrogen-bond donors (Lipinski definition) is 3. The second-order valence-electron chi connectivity index (χ2n) is 8.99. The van der Waals surface area contributed by atoms with Gasteiger partial charge in [-0.15, -0.1) is 0 Å². The van der Waals surface area contributed by atoms with Crippen LogP contribution in [0.2, 0.25) is 0 Å². The fraction of sp³-hybridized carbons (Fsp3) is 0.409. The molecule has 174 valence electrons. The first-order chi connectivity index (χ1) is 15.7. The maximum Gasteiger partial charge on any atom is 0.416 e. The van der Waals surface area contributed by atoms with Crippen LogP contribution in [-0.2, 0) is 12.7 Å². The molecule has 1 aromatic carbocycles. The summed E-state index contributed by atoms with van der Waals surface area (Å²) in [5.41, 5.74) is 12.4. The Labute approximate surface area is 187 Å². The van der Waals surface area contributed by atoms with Crippen LogP contribution in [0.15, 0.2) is 36.7 Å². The maximum atomic E-state index is 13.3. The Morgan fingerprint density at radius 3 is 2.70 bits per heavy atom. The SMILES string of the molecule is NC(=O)c1c(-c2cnn(Cc3ccccc3C(F)(F)F)c2)nn([C@H]2C[C@@]3(CCNC3)C2)c1N. The Balaban J connectivity index is 1.43. The minimum Gasteiger partial charge on any atom is -0.383 e. The Morgan fingerprint density at radius 2 is 2.03 bits per heavy atom. The Hall–Kier alpha value is -3.34. The average Bonchev–Trinajstić information content (AvgIpc) is 3.45. The van der Waals surface area contributed by atoms with Gasteiger partial charge in [-0.3, -0.25) is 9.48 Å². The van der Waals surface area contributed by atoms with Crippen LogP contribution in [0, 0.1) is 5.41 Å². The molecule has 0 atom stereocenters. The molecule has 3 aromatic rings. The predicted molar refractivity (Wildman–Crippen MR) is 115 cm³/mol. The van der Waals surface area contributed by atoms with E-state index < -0.39 is 17.6 Å². The van der Waals surface area contributed by atoms with E-state index in [9.17, 15) is 18.0 Å². The summed E-state index contributed by atoms with van der Waals surface area (Å²) < 4.78 is 43.0. The van der Waals surface area contributed by atoms with Gasteiger partial charge in [-0.05, 0) is 42.9 Å². The summed E-state index contributed by atoms with van der Waals surface area (Å²) in [5.74, 6) is -0.501. The van der Waals surface area contributed by atoms with Gasteiger partial charge in [0.2, 0.25) is 0 Å². The first-order valence-corrected chi connectivity index (χ1v) is 10.7. The van der Waals surface area contributed by atoms with Crippen LogP contribution in [0.5, 0.6) is 0 Å². The van der Waals surface area contributed by atoms with Gasteiger partial charge in [-0.25, -0.2) is 4.68 Å². The number of amides is 1. The van der Waals surface area contributed by atoms with Gasteiger partial charge < -0.3 is 16.8 Å².